The molecule has 10 aromatic rings. The maximum absolute atomic E-state index is 6.85. The zero-order valence-electron chi connectivity index (χ0n) is 30.8. The van der Waals surface area contributed by atoms with E-state index in [-0.39, 0.29) is 6.17 Å². The summed E-state index contributed by atoms with van der Waals surface area (Å²) in [6.07, 6.45) is 3.51. The average Bonchev–Trinajstić information content (AvgIpc) is 3.96. The highest BCUT2D eigenvalue weighted by Crippen LogP contribution is 2.40. The van der Waals surface area contributed by atoms with Crippen LogP contribution < -0.4 is 10.6 Å². The highest BCUT2D eigenvalue weighted by Gasteiger charge is 2.21. The Morgan fingerprint density at radius 3 is 2.09 bits per heavy atom. The predicted octanol–water partition coefficient (Wildman–Crippen LogP) is 12.2. The van der Waals surface area contributed by atoms with Crippen molar-refractivity contribution in [2.75, 3.05) is 0 Å². The first-order valence-corrected chi connectivity index (χ1v) is 20.2. The monoisotopic (exact) mass is 749 g/mol. The molecule has 3 aromatic heterocycles. The van der Waals surface area contributed by atoms with Gasteiger partial charge in [-0.1, -0.05) is 127 Å². The van der Waals surface area contributed by atoms with Crippen LogP contribution in [0.3, 0.4) is 0 Å². The fourth-order valence-electron chi connectivity index (χ4n) is 8.85. The van der Waals surface area contributed by atoms with Gasteiger partial charge in [-0.2, -0.15) is 0 Å². The van der Waals surface area contributed by atoms with Gasteiger partial charge in [-0.05, 0) is 83.6 Å². The molecule has 12 rings (SSSR count). The Labute approximate surface area is 331 Å². The van der Waals surface area contributed by atoms with Gasteiger partial charge >= 0.3 is 0 Å². The van der Waals surface area contributed by atoms with Gasteiger partial charge in [0.05, 0.1) is 17.2 Å². The van der Waals surface area contributed by atoms with Gasteiger partial charge in [-0.25, -0.2) is 0 Å². The third-order valence-electron chi connectivity index (χ3n) is 11.5. The summed E-state index contributed by atoms with van der Waals surface area (Å²) in [6, 6.07) is 58.2. The minimum Gasteiger partial charge on any atom is -0.456 e. The molecular weight excluding hydrogens is 717 g/mol. The normalized spacial score (nSPS) is 15.5. The van der Waals surface area contributed by atoms with Crippen molar-refractivity contribution in [1.82, 2.24) is 4.57 Å². The maximum atomic E-state index is 6.85. The number of thiophene rings is 1. The van der Waals surface area contributed by atoms with Crippen molar-refractivity contribution in [1.29, 1.82) is 0 Å². The zero-order chi connectivity index (χ0) is 37.5. The standard InChI is InChI=1S/C51H33N4OS/c1-3-13-31(14-4-1)49-52-50(32-15-5-2-6-16-32)54-51(53-49)39-21-12-24-44-47(39)38-20-11-19-35(48(38)56-44)33-25-27-45-40(29-33)41-30-34(26-28-46(41)57-45)55-42-22-9-7-17-36(42)37-18-8-10-23-43(37)55/h1-11,13-20,22-30,49H,12,21H2/q-1. The summed E-state index contributed by atoms with van der Waals surface area (Å²) in [6.45, 7) is 0. The molecule has 0 spiro atoms. The van der Waals surface area contributed by atoms with Crippen LogP contribution in [0.15, 0.2) is 178 Å². The second kappa shape index (κ2) is 12.8. The number of benzene rings is 7. The van der Waals surface area contributed by atoms with E-state index in [9.17, 15) is 0 Å². The van der Waals surface area contributed by atoms with Crippen LogP contribution >= 0.6 is 11.3 Å². The number of nitrogens with zero attached hydrogens (tertiary/aromatic N) is 4. The van der Waals surface area contributed by atoms with Gasteiger partial charge in [0.1, 0.15) is 11.0 Å². The van der Waals surface area contributed by atoms with Gasteiger partial charge in [-0.3, -0.25) is 4.99 Å². The number of fused-ring (bicyclic) bond motifs is 9. The van der Waals surface area contributed by atoms with E-state index in [1.165, 1.54) is 42.0 Å². The molecule has 6 heteroatoms. The highest BCUT2D eigenvalue weighted by atomic mass is 32.1. The van der Waals surface area contributed by atoms with E-state index in [4.69, 9.17) is 19.7 Å². The number of hydrogen-bond donors (Lipinski definition) is 0. The van der Waals surface area contributed by atoms with Gasteiger partial charge < -0.3 is 19.3 Å². The summed E-state index contributed by atoms with van der Waals surface area (Å²) in [4.78, 5) is 10.3. The van der Waals surface area contributed by atoms with Crippen LogP contribution in [0, 0.1) is 0 Å². The number of aliphatic imine (C=N–C) groups is 2. The number of aromatic nitrogens is 1. The summed E-state index contributed by atoms with van der Waals surface area (Å²) in [5, 5.41) is 12.2. The Morgan fingerprint density at radius 1 is 0.614 bits per heavy atom. The van der Waals surface area contributed by atoms with Crippen molar-refractivity contribution < 1.29 is 4.42 Å². The van der Waals surface area contributed by atoms with Gasteiger partial charge in [0.15, 0.2) is 0 Å². The van der Waals surface area contributed by atoms with Gasteiger partial charge in [0.25, 0.3) is 0 Å². The molecule has 1 unspecified atom stereocenters. The topological polar surface area (TPSA) is 56.9 Å². The molecule has 5 nitrogen and oxygen atoms in total. The molecule has 0 fully saturated rings. The van der Waals surface area contributed by atoms with Crippen LogP contribution in [0.25, 0.3) is 86.7 Å². The minimum atomic E-state index is -0.382. The fraction of sp³-hybridized carbons (Fsp3) is 0.0588. The summed E-state index contributed by atoms with van der Waals surface area (Å²) in [5.74, 6) is 1.43. The Kier molecular flexibility index (Phi) is 7.22. The van der Waals surface area contributed by atoms with Crippen LogP contribution in [0.4, 0.5) is 0 Å². The summed E-state index contributed by atoms with van der Waals surface area (Å²) in [5.41, 5.74) is 10.7. The quantitative estimate of drug-likeness (QED) is 0.173. The van der Waals surface area contributed by atoms with Crippen LogP contribution in [-0.4, -0.2) is 16.2 Å². The summed E-state index contributed by atoms with van der Waals surface area (Å²) >= 11 is 1.84. The lowest BCUT2D eigenvalue weighted by molar-refractivity contribution is 0.572. The predicted molar refractivity (Wildman–Crippen MR) is 238 cm³/mol. The second-order valence-corrected chi connectivity index (χ2v) is 15.9. The lowest BCUT2D eigenvalue weighted by atomic mass is 9.97. The van der Waals surface area contributed by atoms with E-state index in [1.807, 2.05) is 47.7 Å². The molecule has 1 atom stereocenters. The Bertz CT molecular complexity index is 3390. The zero-order valence-corrected chi connectivity index (χ0v) is 31.6. The lowest BCUT2D eigenvalue weighted by Gasteiger charge is -2.33. The molecule has 0 radical (unpaired) electrons. The number of rotatable bonds is 5. The van der Waals surface area contributed by atoms with Crippen molar-refractivity contribution in [3.05, 3.63) is 191 Å². The highest BCUT2D eigenvalue weighted by molar-refractivity contribution is 7.25. The lowest BCUT2D eigenvalue weighted by Crippen LogP contribution is -2.30. The molecule has 0 N–H and O–H groups in total. The molecule has 0 saturated heterocycles. The van der Waals surface area contributed by atoms with Crippen LogP contribution in [0.5, 0.6) is 0 Å². The van der Waals surface area contributed by atoms with Crippen molar-refractivity contribution in [2.24, 2.45) is 9.98 Å². The first-order valence-electron chi connectivity index (χ1n) is 19.4. The molecule has 7 aromatic carbocycles. The number of furan rings is 1. The van der Waals surface area contributed by atoms with Gasteiger partial charge in [-0.15, -0.1) is 11.3 Å². The number of hydrogen-bond acceptors (Lipinski definition) is 4. The van der Waals surface area contributed by atoms with Gasteiger partial charge in [0, 0.05) is 58.6 Å². The largest absolute Gasteiger partial charge is 0.456 e. The van der Waals surface area contributed by atoms with Crippen molar-refractivity contribution in [2.45, 2.75) is 19.0 Å². The van der Waals surface area contributed by atoms with E-state index in [0.717, 1.165) is 73.8 Å². The molecule has 0 amide bonds. The number of amidine groups is 2. The maximum Gasteiger partial charge on any atom is 0.143 e. The Balaban J connectivity index is 1.02. The van der Waals surface area contributed by atoms with E-state index in [2.05, 4.69) is 138 Å². The molecule has 2 aliphatic rings. The van der Waals surface area contributed by atoms with Gasteiger partial charge in [0.2, 0.25) is 0 Å². The molecule has 1 aliphatic carbocycles. The molecule has 57 heavy (non-hydrogen) atoms. The molecule has 4 heterocycles. The molecule has 270 valence electrons. The van der Waals surface area contributed by atoms with Crippen LogP contribution in [-0.2, 0) is 0 Å². The molecule has 0 saturated carbocycles. The van der Waals surface area contributed by atoms with Crippen molar-refractivity contribution in [3.8, 4) is 16.8 Å². The van der Waals surface area contributed by atoms with E-state index < -0.39 is 0 Å². The number of para-hydroxylation sites is 3. The fourth-order valence-corrected chi connectivity index (χ4v) is 9.92. The van der Waals surface area contributed by atoms with E-state index in [1.54, 1.807) is 0 Å². The first-order chi connectivity index (χ1) is 28.2. The van der Waals surface area contributed by atoms with Crippen LogP contribution in [0.2, 0.25) is 0 Å². The molecular formula is C51H33N4OS-. The third-order valence-corrected chi connectivity index (χ3v) is 12.6. The minimum absolute atomic E-state index is 0.382. The summed E-state index contributed by atoms with van der Waals surface area (Å²) < 4.78 is 11.8. The van der Waals surface area contributed by atoms with E-state index >= 15 is 0 Å². The van der Waals surface area contributed by atoms with E-state index in [0.29, 0.717) is 5.84 Å². The Morgan fingerprint density at radius 2 is 1.30 bits per heavy atom. The first kappa shape index (κ1) is 32.2. The van der Waals surface area contributed by atoms with Crippen molar-refractivity contribution in [3.63, 3.8) is 0 Å². The molecule has 1 aliphatic heterocycles. The second-order valence-electron chi connectivity index (χ2n) is 14.8. The Hall–Kier alpha value is -7.02. The van der Waals surface area contributed by atoms with Crippen molar-refractivity contribution >= 4 is 87.6 Å². The summed E-state index contributed by atoms with van der Waals surface area (Å²) in [7, 11) is 0. The SMILES string of the molecule is C1=c2oc3c(-c4ccc5sc6ccc(-n7c8ccccc8c8ccccc87)cc6c5c4)cccc3c2=C(C2=NC(c3ccccc3)[N-]C(c3ccccc3)=N2)CC1. The molecule has 0 bridgehead atoms. The third kappa shape index (κ3) is 5.14. The van der Waals surface area contributed by atoms with Crippen LogP contribution in [0.1, 0.15) is 30.1 Å². The smallest absolute Gasteiger partial charge is 0.143 e. The average molecular weight is 750 g/mol.